The molecular formula is C16H24ClIN8. The van der Waals surface area contributed by atoms with Crippen LogP contribution in [-0.2, 0) is 13.1 Å². The first kappa shape index (κ1) is 20.7. The third-order valence-electron chi connectivity index (χ3n) is 4.24. The van der Waals surface area contributed by atoms with Gasteiger partial charge in [-0.3, -0.25) is 4.99 Å². The van der Waals surface area contributed by atoms with Gasteiger partial charge in [-0.25, -0.2) is 4.98 Å². The molecule has 142 valence electrons. The van der Waals surface area contributed by atoms with Gasteiger partial charge in [-0.2, -0.15) is 0 Å². The van der Waals surface area contributed by atoms with E-state index in [2.05, 4.69) is 42.6 Å². The van der Waals surface area contributed by atoms with Gasteiger partial charge in [0.1, 0.15) is 12.1 Å². The van der Waals surface area contributed by atoms with Crippen LogP contribution >= 0.6 is 35.6 Å². The quantitative estimate of drug-likeness (QED) is 0.378. The summed E-state index contributed by atoms with van der Waals surface area (Å²) in [6, 6.07) is 4.00. The van der Waals surface area contributed by atoms with E-state index in [1.807, 2.05) is 16.7 Å². The fourth-order valence-corrected chi connectivity index (χ4v) is 3.15. The summed E-state index contributed by atoms with van der Waals surface area (Å²) < 4.78 is 2.00. The average molecular weight is 491 g/mol. The van der Waals surface area contributed by atoms with E-state index in [0.717, 1.165) is 43.7 Å². The molecule has 1 atom stereocenters. The number of aromatic nitrogens is 4. The lowest BCUT2D eigenvalue weighted by Crippen LogP contribution is -2.44. The molecule has 0 amide bonds. The van der Waals surface area contributed by atoms with E-state index in [9.17, 15) is 0 Å². The number of aryl methyl sites for hydroxylation is 1. The SMILES string of the molecule is CCn1cnnc1CNC(=NC)NC1CCN(c2ncccc2Cl)C1.I. The predicted molar refractivity (Wildman–Crippen MR) is 114 cm³/mol. The Hall–Kier alpha value is -1.62. The maximum atomic E-state index is 6.24. The minimum Gasteiger partial charge on any atom is -0.353 e. The summed E-state index contributed by atoms with van der Waals surface area (Å²) in [4.78, 5) is 10.9. The molecule has 1 aliphatic rings. The molecule has 0 bridgehead atoms. The molecule has 10 heteroatoms. The third-order valence-corrected chi connectivity index (χ3v) is 4.54. The van der Waals surface area contributed by atoms with Crippen molar-refractivity contribution in [3.8, 4) is 0 Å². The van der Waals surface area contributed by atoms with Crippen molar-refractivity contribution < 1.29 is 0 Å². The van der Waals surface area contributed by atoms with Gasteiger partial charge in [0.15, 0.2) is 11.8 Å². The zero-order valence-corrected chi connectivity index (χ0v) is 18.0. The molecule has 0 aromatic carbocycles. The summed E-state index contributed by atoms with van der Waals surface area (Å²) in [5, 5.41) is 15.5. The standard InChI is InChI=1S/C16H23ClN8.HI/c1-3-24-11-21-23-14(24)9-20-16(18-2)22-12-6-8-25(10-12)15-13(17)5-4-7-19-15;/h4-5,7,11-12H,3,6,8-10H2,1-2H3,(H2,18,20,22);1H. The van der Waals surface area contributed by atoms with Crippen LogP contribution in [0.25, 0.3) is 0 Å². The van der Waals surface area contributed by atoms with Crippen molar-refractivity contribution in [3.63, 3.8) is 0 Å². The maximum absolute atomic E-state index is 6.24. The average Bonchev–Trinajstić information content (AvgIpc) is 3.28. The minimum atomic E-state index is 0. The van der Waals surface area contributed by atoms with Crippen LogP contribution in [0.15, 0.2) is 29.6 Å². The Balaban J connectivity index is 0.00000243. The molecule has 3 rings (SSSR count). The Morgan fingerprint density at radius 1 is 1.46 bits per heavy atom. The van der Waals surface area contributed by atoms with Gasteiger partial charge in [0.05, 0.1) is 11.6 Å². The van der Waals surface area contributed by atoms with Gasteiger partial charge in [0.2, 0.25) is 0 Å². The van der Waals surface area contributed by atoms with Crippen molar-refractivity contribution in [3.05, 3.63) is 35.5 Å². The largest absolute Gasteiger partial charge is 0.353 e. The lowest BCUT2D eigenvalue weighted by atomic mass is 10.3. The molecule has 0 aliphatic carbocycles. The van der Waals surface area contributed by atoms with Crippen LogP contribution in [0, 0.1) is 0 Å². The molecule has 8 nitrogen and oxygen atoms in total. The molecule has 1 aliphatic heterocycles. The van der Waals surface area contributed by atoms with Crippen molar-refractivity contribution in [2.45, 2.75) is 32.5 Å². The lowest BCUT2D eigenvalue weighted by Gasteiger charge is -2.20. The highest BCUT2D eigenvalue weighted by Gasteiger charge is 2.25. The van der Waals surface area contributed by atoms with Gasteiger partial charge in [-0.05, 0) is 25.5 Å². The number of aliphatic imine (C=N–C) groups is 1. The molecule has 0 radical (unpaired) electrons. The van der Waals surface area contributed by atoms with Gasteiger partial charge in [0, 0.05) is 38.9 Å². The number of halogens is 2. The molecule has 2 N–H and O–H groups in total. The van der Waals surface area contributed by atoms with E-state index < -0.39 is 0 Å². The Labute approximate surface area is 175 Å². The highest BCUT2D eigenvalue weighted by Crippen LogP contribution is 2.25. The number of nitrogens with one attached hydrogen (secondary N) is 2. The highest BCUT2D eigenvalue weighted by atomic mass is 127. The van der Waals surface area contributed by atoms with Crippen molar-refractivity contribution in [2.24, 2.45) is 4.99 Å². The second-order valence-corrected chi connectivity index (χ2v) is 6.25. The van der Waals surface area contributed by atoms with E-state index in [1.165, 1.54) is 0 Å². The molecule has 0 spiro atoms. The maximum Gasteiger partial charge on any atom is 0.191 e. The summed E-state index contributed by atoms with van der Waals surface area (Å²) >= 11 is 6.24. The Morgan fingerprint density at radius 3 is 3.04 bits per heavy atom. The van der Waals surface area contributed by atoms with E-state index in [1.54, 1.807) is 19.6 Å². The second kappa shape index (κ2) is 9.91. The van der Waals surface area contributed by atoms with Crippen LogP contribution in [-0.4, -0.2) is 51.9 Å². The number of guanidine groups is 1. The molecule has 3 heterocycles. The van der Waals surface area contributed by atoms with Crippen LogP contribution in [0.2, 0.25) is 5.02 Å². The summed E-state index contributed by atoms with van der Waals surface area (Å²) in [6.45, 7) is 5.24. The highest BCUT2D eigenvalue weighted by molar-refractivity contribution is 14.0. The molecular weight excluding hydrogens is 467 g/mol. The number of anilines is 1. The first-order valence-electron chi connectivity index (χ1n) is 8.40. The van der Waals surface area contributed by atoms with Crippen molar-refractivity contribution in [2.75, 3.05) is 25.0 Å². The minimum absolute atomic E-state index is 0. The van der Waals surface area contributed by atoms with Gasteiger partial charge in [0.25, 0.3) is 0 Å². The van der Waals surface area contributed by atoms with Crippen LogP contribution in [0.3, 0.4) is 0 Å². The van der Waals surface area contributed by atoms with Gasteiger partial charge in [-0.1, -0.05) is 11.6 Å². The number of hydrogen-bond acceptors (Lipinski definition) is 5. The predicted octanol–water partition coefficient (Wildman–Crippen LogP) is 1.91. The van der Waals surface area contributed by atoms with Gasteiger partial charge in [-0.15, -0.1) is 34.2 Å². The van der Waals surface area contributed by atoms with Crippen LogP contribution in [0.5, 0.6) is 0 Å². The van der Waals surface area contributed by atoms with E-state index in [-0.39, 0.29) is 30.0 Å². The molecule has 2 aromatic heterocycles. The Morgan fingerprint density at radius 2 is 2.31 bits per heavy atom. The van der Waals surface area contributed by atoms with E-state index in [4.69, 9.17) is 11.6 Å². The summed E-state index contributed by atoms with van der Waals surface area (Å²) in [5.74, 6) is 2.48. The monoisotopic (exact) mass is 490 g/mol. The number of nitrogens with zero attached hydrogens (tertiary/aromatic N) is 6. The first-order chi connectivity index (χ1) is 12.2. The third kappa shape index (κ3) is 4.97. The molecule has 1 unspecified atom stereocenters. The molecule has 0 saturated carbocycles. The molecule has 26 heavy (non-hydrogen) atoms. The zero-order chi connectivity index (χ0) is 17.6. The van der Waals surface area contributed by atoms with Crippen LogP contribution in [0.1, 0.15) is 19.2 Å². The lowest BCUT2D eigenvalue weighted by molar-refractivity contribution is 0.631. The fraction of sp³-hybridized carbons (Fsp3) is 0.500. The van der Waals surface area contributed by atoms with Crippen LogP contribution in [0.4, 0.5) is 5.82 Å². The normalized spacial score (nSPS) is 17.1. The molecule has 2 aromatic rings. The summed E-state index contributed by atoms with van der Waals surface area (Å²) in [5.41, 5.74) is 0. The van der Waals surface area contributed by atoms with E-state index in [0.29, 0.717) is 11.6 Å². The number of hydrogen-bond donors (Lipinski definition) is 2. The Bertz CT molecular complexity index is 735. The summed E-state index contributed by atoms with van der Waals surface area (Å²) in [7, 11) is 1.77. The number of rotatable bonds is 5. The van der Waals surface area contributed by atoms with Crippen molar-refractivity contribution in [1.29, 1.82) is 0 Å². The number of pyridine rings is 1. The molecule has 1 saturated heterocycles. The van der Waals surface area contributed by atoms with Gasteiger partial charge < -0.3 is 20.1 Å². The second-order valence-electron chi connectivity index (χ2n) is 5.84. The Kier molecular flexibility index (Phi) is 7.88. The summed E-state index contributed by atoms with van der Waals surface area (Å²) in [6.07, 6.45) is 4.50. The topological polar surface area (TPSA) is 83.3 Å². The zero-order valence-electron chi connectivity index (χ0n) is 14.9. The first-order valence-corrected chi connectivity index (χ1v) is 8.78. The van der Waals surface area contributed by atoms with E-state index >= 15 is 0 Å². The van der Waals surface area contributed by atoms with Gasteiger partial charge >= 0.3 is 0 Å². The fourth-order valence-electron chi connectivity index (χ4n) is 2.91. The smallest absolute Gasteiger partial charge is 0.191 e. The van der Waals surface area contributed by atoms with Crippen LogP contribution < -0.4 is 15.5 Å². The van der Waals surface area contributed by atoms with Crippen molar-refractivity contribution >= 4 is 47.4 Å². The van der Waals surface area contributed by atoms with Crippen molar-refractivity contribution in [1.82, 2.24) is 30.4 Å². The molecule has 1 fully saturated rings.